The number of aromatic nitrogens is 2. The van der Waals surface area contributed by atoms with E-state index >= 15 is 0 Å². The smallest absolute Gasteiger partial charge is 0.310 e. The Kier molecular flexibility index (Phi) is 8.91. The summed E-state index contributed by atoms with van der Waals surface area (Å²) in [5.41, 5.74) is 7.80. The molecule has 2 atom stereocenters. The molecule has 2 aromatic heterocycles. The molecule has 0 amide bonds. The van der Waals surface area contributed by atoms with E-state index in [9.17, 15) is 14.3 Å². The summed E-state index contributed by atoms with van der Waals surface area (Å²) < 4.78 is 29.0. The summed E-state index contributed by atoms with van der Waals surface area (Å²) in [6.07, 6.45) is 2.72. The molecule has 0 bridgehead atoms. The van der Waals surface area contributed by atoms with E-state index in [0.29, 0.717) is 24.5 Å². The molecule has 0 spiro atoms. The van der Waals surface area contributed by atoms with E-state index in [-0.39, 0.29) is 17.7 Å². The molecule has 7 rings (SSSR count). The van der Waals surface area contributed by atoms with Crippen LogP contribution in [0.15, 0.2) is 114 Å². The number of ether oxygens (including phenoxy) is 2. The van der Waals surface area contributed by atoms with Crippen LogP contribution in [0.1, 0.15) is 47.8 Å². The molecule has 0 saturated heterocycles. The second-order valence-corrected chi connectivity index (χ2v) is 13.6. The highest BCUT2D eigenvalue weighted by Gasteiger charge is 2.29. The van der Waals surface area contributed by atoms with Crippen molar-refractivity contribution in [3.63, 3.8) is 0 Å². The van der Waals surface area contributed by atoms with Crippen LogP contribution in [0.5, 0.6) is 11.5 Å². The van der Waals surface area contributed by atoms with Crippen LogP contribution in [-0.2, 0) is 31.0 Å². The van der Waals surface area contributed by atoms with Crippen molar-refractivity contribution in [2.24, 2.45) is 0 Å². The lowest BCUT2D eigenvalue weighted by molar-refractivity contribution is -0.138. The van der Waals surface area contributed by atoms with Gasteiger partial charge in [-0.2, -0.15) is 0 Å². The average molecular weight is 659 g/mol. The van der Waals surface area contributed by atoms with Gasteiger partial charge < -0.3 is 19.1 Å². The maximum absolute atomic E-state index is 13.8. The third kappa shape index (κ3) is 6.40. The zero-order chi connectivity index (χ0) is 33.2. The molecule has 0 saturated carbocycles. The van der Waals surface area contributed by atoms with Gasteiger partial charge in [0, 0.05) is 45.0 Å². The van der Waals surface area contributed by atoms with Crippen LogP contribution < -0.4 is 9.47 Å². The van der Waals surface area contributed by atoms with Crippen LogP contribution >= 0.6 is 11.8 Å². The van der Waals surface area contributed by atoms with Crippen molar-refractivity contribution in [3.05, 3.63) is 143 Å². The number of carboxylic acid groups (broad SMARTS) is 1. The van der Waals surface area contributed by atoms with Crippen LogP contribution in [0, 0.1) is 5.82 Å². The molecule has 0 aliphatic carbocycles. The second-order valence-electron chi connectivity index (χ2n) is 12.1. The minimum absolute atomic E-state index is 0.238. The summed E-state index contributed by atoms with van der Waals surface area (Å²) in [6.45, 7) is 4.98. The quantitative estimate of drug-likeness (QED) is 0.150. The summed E-state index contributed by atoms with van der Waals surface area (Å²) in [6, 6.07) is 32.3. The van der Waals surface area contributed by atoms with Crippen molar-refractivity contribution in [3.8, 4) is 22.6 Å². The second kappa shape index (κ2) is 13.6. The first-order chi connectivity index (χ1) is 23.4. The molecule has 8 heteroatoms. The van der Waals surface area contributed by atoms with Gasteiger partial charge in [0.25, 0.3) is 0 Å². The number of thioether (sulfide) groups is 1. The number of pyridine rings is 1. The lowest BCUT2D eigenvalue weighted by Crippen LogP contribution is -2.12. The molecule has 3 heterocycles. The van der Waals surface area contributed by atoms with Crippen LogP contribution in [-0.4, -0.2) is 25.9 Å². The first-order valence-corrected chi connectivity index (χ1v) is 16.9. The minimum Gasteiger partial charge on any atom is -0.487 e. The van der Waals surface area contributed by atoms with Crippen molar-refractivity contribution in [1.29, 1.82) is 0 Å². The van der Waals surface area contributed by atoms with E-state index in [1.807, 2.05) is 66.5 Å². The molecule has 6 aromatic rings. The van der Waals surface area contributed by atoms with Gasteiger partial charge in [0.2, 0.25) is 0 Å². The van der Waals surface area contributed by atoms with Crippen molar-refractivity contribution in [2.45, 2.75) is 56.1 Å². The van der Waals surface area contributed by atoms with Crippen molar-refractivity contribution >= 4 is 28.6 Å². The highest BCUT2D eigenvalue weighted by atomic mass is 32.2. The lowest BCUT2D eigenvalue weighted by atomic mass is 10.0. The molecule has 0 fully saturated rings. The molecule has 1 aliphatic rings. The first-order valence-electron chi connectivity index (χ1n) is 16.0. The van der Waals surface area contributed by atoms with E-state index < -0.39 is 11.9 Å². The summed E-state index contributed by atoms with van der Waals surface area (Å²) in [7, 11) is 0. The highest BCUT2D eigenvalue weighted by Crippen LogP contribution is 2.47. The van der Waals surface area contributed by atoms with Crippen LogP contribution in [0.4, 0.5) is 4.39 Å². The number of benzene rings is 4. The third-order valence-electron chi connectivity index (χ3n) is 8.85. The fraction of sp³-hybridized carbons (Fsp3) is 0.200. The fourth-order valence-electron chi connectivity index (χ4n) is 6.31. The Morgan fingerprint density at radius 2 is 1.67 bits per heavy atom. The Morgan fingerprint density at radius 1 is 0.917 bits per heavy atom. The Bertz CT molecular complexity index is 2080. The summed E-state index contributed by atoms with van der Waals surface area (Å²) in [5.74, 6) is -0.524. The molecular formula is C40H35FN2O4S. The maximum atomic E-state index is 13.8. The van der Waals surface area contributed by atoms with Crippen molar-refractivity contribution in [1.82, 2.24) is 9.55 Å². The predicted octanol–water partition coefficient (Wildman–Crippen LogP) is 9.27. The zero-order valence-corrected chi connectivity index (χ0v) is 27.5. The zero-order valence-electron chi connectivity index (χ0n) is 26.7. The SMILES string of the molecule is CC1Cc2c(OCc3ccc(-c4ccccc4)cn3)ccc3c2c(c(COc2ccccc2C(C)C(=O)O)n3Cc2ccc(F)cc2)S1. The van der Waals surface area contributed by atoms with Crippen molar-refractivity contribution < 1.29 is 23.8 Å². The molecule has 6 nitrogen and oxygen atoms in total. The average Bonchev–Trinajstić information content (AvgIpc) is 3.40. The third-order valence-corrected chi connectivity index (χ3v) is 10.1. The topological polar surface area (TPSA) is 73.6 Å². The number of carboxylic acids is 1. The molecule has 1 N–H and O–H groups in total. The Labute approximate surface area is 283 Å². The number of nitrogens with zero attached hydrogens (tertiary/aromatic N) is 2. The van der Waals surface area contributed by atoms with Gasteiger partial charge in [-0.1, -0.05) is 73.7 Å². The molecule has 242 valence electrons. The number of hydrogen-bond acceptors (Lipinski definition) is 5. The van der Waals surface area contributed by atoms with Gasteiger partial charge in [-0.3, -0.25) is 9.78 Å². The number of carbonyl (C=O) groups is 1. The summed E-state index contributed by atoms with van der Waals surface area (Å²) in [4.78, 5) is 17.7. The minimum atomic E-state index is -0.907. The van der Waals surface area contributed by atoms with Crippen LogP contribution in [0.2, 0.25) is 0 Å². The van der Waals surface area contributed by atoms with Gasteiger partial charge in [0.05, 0.1) is 22.8 Å². The standard InChI is InChI=1S/C40H35FN2O4S/c1-25-20-33-37(46-23-31-17-14-29(21-42-31)28-8-4-3-5-9-28)19-18-34-38(33)39(48-25)35(43(34)22-27-12-15-30(41)16-13-27)24-47-36-11-7-6-10-32(36)26(2)40(44)45/h3-19,21,25-26H,20,22-24H2,1-2H3,(H,44,45). The first kappa shape index (κ1) is 31.5. The van der Waals surface area contributed by atoms with Crippen LogP contribution in [0.25, 0.3) is 22.0 Å². The Balaban J connectivity index is 1.24. The largest absolute Gasteiger partial charge is 0.487 e. The number of para-hydroxylation sites is 1. The van der Waals surface area contributed by atoms with E-state index in [4.69, 9.17) is 9.47 Å². The van der Waals surface area contributed by atoms with E-state index in [0.717, 1.165) is 61.6 Å². The van der Waals surface area contributed by atoms with Gasteiger partial charge in [0.15, 0.2) is 0 Å². The normalized spacial score (nSPS) is 14.5. The molecule has 1 aliphatic heterocycles. The predicted molar refractivity (Wildman–Crippen MR) is 187 cm³/mol. The number of hydrogen-bond donors (Lipinski definition) is 1. The molecule has 0 radical (unpaired) electrons. The summed E-state index contributed by atoms with van der Waals surface area (Å²) in [5, 5.41) is 11.1. The fourth-order valence-corrected chi connectivity index (χ4v) is 7.61. The maximum Gasteiger partial charge on any atom is 0.310 e. The van der Waals surface area contributed by atoms with Crippen molar-refractivity contribution in [2.75, 3.05) is 0 Å². The Hall–Kier alpha value is -5.08. The van der Waals surface area contributed by atoms with Gasteiger partial charge >= 0.3 is 5.97 Å². The van der Waals surface area contributed by atoms with Gasteiger partial charge in [-0.15, -0.1) is 11.8 Å². The van der Waals surface area contributed by atoms with Crippen LogP contribution in [0.3, 0.4) is 0 Å². The highest BCUT2D eigenvalue weighted by molar-refractivity contribution is 8.00. The Morgan fingerprint density at radius 3 is 2.42 bits per heavy atom. The van der Waals surface area contributed by atoms with E-state index in [2.05, 4.69) is 40.7 Å². The lowest BCUT2D eigenvalue weighted by Gasteiger charge is -2.22. The van der Waals surface area contributed by atoms with E-state index in [1.165, 1.54) is 12.1 Å². The number of rotatable bonds is 11. The molecular weight excluding hydrogens is 624 g/mol. The van der Waals surface area contributed by atoms with Gasteiger partial charge in [-0.05, 0) is 60.9 Å². The van der Waals surface area contributed by atoms with Gasteiger partial charge in [-0.25, -0.2) is 4.39 Å². The molecule has 2 unspecified atom stereocenters. The van der Waals surface area contributed by atoms with E-state index in [1.54, 1.807) is 25.1 Å². The van der Waals surface area contributed by atoms with Gasteiger partial charge in [0.1, 0.15) is 30.5 Å². The number of halogens is 1. The summed E-state index contributed by atoms with van der Waals surface area (Å²) >= 11 is 1.82. The number of aliphatic carboxylic acids is 1. The molecule has 48 heavy (non-hydrogen) atoms. The molecule has 4 aromatic carbocycles. The monoisotopic (exact) mass is 658 g/mol.